The normalized spacial score (nSPS) is 16.7. The molecular weight excluding hydrogens is 404 g/mol. The third-order valence-electron chi connectivity index (χ3n) is 4.64. The summed E-state index contributed by atoms with van der Waals surface area (Å²) >= 11 is 6.35. The highest BCUT2D eigenvalue weighted by molar-refractivity contribution is 6.32. The molecule has 30 heavy (non-hydrogen) atoms. The number of rotatable bonds is 7. The summed E-state index contributed by atoms with van der Waals surface area (Å²) in [5.41, 5.74) is 0.756. The molecule has 0 saturated carbocycles. The lowest BCUT2D eigenvalue weighted by Gasteiger charge is -2.32. The Bertz CT molecular complexity index is 889. The van der Waals surface area contributed by atoms with Crippen molar-refractivity contribution in [3.05, 3.63) is 47.3 Å². The van der Waals surface area contributed by atoms with Crippen molar-refractivity contribution in [2.24, 2.45) is 0 Å². The molecule has 7 nitrogen and oxygen atoms in total. The Morgan fingerprint density at radius 1 is 1.33 bits per heavy atom. The van der Waals surface area contributed by atoms with Crippen molar-refractivity contribution in [1.29, 1.82) is 0 Å². The average molecular weight is 431 g/mol. The van der Waals surface area contributed by atoms with Crippen LogP contribution in [-0.2, 0) is 4.79 Å². The molecule has 0 aliphatic carbocycles. The molecule has 1 aliphatic heterocycles. The minimum absolute atomic E-state index is 0.0279. The molecule has 2 heterocycles. The molecule has 0 spiro atoms. The maximum atomic E-state index is 12.4. The molecule has 0 bridgehead atoms. The van der Waals surface area contributed by atoms with Crippen molar-refractivity contribution < 1.29 is 14.3 Å². The summed E-state index contributed by atoms with van der Waals surface area (Å²) in [6.45, 7) is 5.41. The number of benzene rings is 1. The molecule has 1 unspecified atom stereocenters. The second-order valence-electron chi connectivity index (χ2n) is 7.38. The van der Waals surface area contributed by atoms with Crippen molar-refractivity contribution in [1.82, 2.24) is 15.3 Å². The molecule has 1 aliphatic rings. The van der Waals surface area contributed by atoms with Gasteiger partial charge in [0.15, 0.2) is 11.5 Å². The van der Waals surface area contributed by atoms with Crippen LogP contribution >= 0.6 is 11.6 Å². The predicted octanol–water partition coefficient (Wildman–Crippen LogP) is 3.72. The number of amides is 1. The largest absolute Gasteiger partial charge is 0.493 e. The molecule has 2 aromatic rings. The van der Waals surface area contributed by atoms with E-state index in [-0.39, 0.29) is 18.1 Å². The van der Waals surface area contributed by atoms with E-state index in [9.17, 15) is 4.79 Å². The molecular formula is C22H27ClN4O3. The number of ether oxygens (including phenoxy) is 2. The number of piperidine rings is 1. The first-order chi connectivity index (χ1) is 14.5. The van der Waals surface area contributed by atoms with Gasteiger partial charge in [0.25, 0.3) is 0 Å². The van der Waals surface area contributed by atoms with Crippen LogP contribution < -0.4 is 19.7 Å². The number of nitrogens with one attached hydrogen (secondary N) is 1. The Hall–Kier alpha value is -2.80. The molecule has 1 amide bonds. The number of carbonyl (C=O) groups is 1. The van der Waals surface area contributed by atoms with Crippen LogP contribution in [0.25, 0.3) is 6.08 Å². The highest BCUT2D eigenvalue weighted by atomic mass is 35.5. The molecule has 1 fully saturated rings. The fourth-order valence-electron chi connectivity index (χ4n) is 3.34. The number of hydrogen-bond donors (Lipinski definition) is 1. The van der Waals surface area contributed by atoms with Crippen molar-refractivity contribution in [2.45, 2.75) is 38.8 Å². The second kappa shape index (κ2) is 10.3. The maximum Gasteiger partial charge on any atom is 0.244 e. The Kier molecular flexibility index (Phi) is 7.52. The lowest BCUT2D eigenvalue weighted by molar-refractivity contribution is -0.117. The fourth-order valence-corrected chi connectivity index (χ4v) is 3.60. The number of hydrogen-bond acceptors (Lipinski definition) is 6. The molecule has 8 heteroatoms. The average Bonchev–Trinajstić information content (AvgIpc) is 2.74. The standard InChI is InChI=1S/C22H27ClN4O3/c1-15(2)30-21-18(23)12-16(13-19(21)29-3)7-8-20(28)26-17-6-4-11-27(14-17)22-24-9-5-10-25-22/h5,7-10,12-13,15,17H,4,6,11,14H2,1-3H3,(H,26,28)/b8-7+. The van der Waals surface area contributed by atoms with Crippen LogP contribution in [0.3, 0.4) is 0 Å². The van der Waals surface area contributed by atoms with Crippen LogP contribution in [0.4, 0.5) is 5.95 Å². The Morgan fingerprint density at radius 3 is 2.80 bits per heavy atom. The first kappa shape index (κ1) is 21.9. The zero-order valence-electron chi connectivity index (χ0n) is 17.5. The zero-order chi connectivity index (χ0) is 21.5. The van der Waals surface area contributed by atoms with Gasteiger partial charge in [-0.05, 0) is 56.5 Å². The smallest absolute Gasteiger partial charge is 0.244 e. The van der Waals surface area contributed by atoms with E-state index in [2.05, 4.69) is 20.2 Å². The molecule has 0 radical (unpaired) electrons. The van der Waals surface area contributed by atoms with E-state index < -0.39 is 0 Å². The quantitative estimate of drug-likeness (QED) is 0.674. The van der Waals surface area contributed by atoms with E-state index in [1.165, 1.54) is 6.08 Å². The van der Waals surface area contributed by atoms with Crippen molar-refractivity contribution in [3.8, 4) is 11.5 Å². The highest BCUT2D eigenvalue weighted by Gasteiger charge is 2.22. The SMILES string of the molecule is COc1cc(/C=C/C(=O)NC2CCCN(c3ncccn3)C2)cc(Cl)c1OC(C)C. The van der Waals surface area contributed by atoms with Gasteiger partial charge in [-0.2, -0.15) is 0 Å². The van der Waals surface area contributed by atoms with Gasteiger partial charge in [-0.25, -0.2) is 9.97 Å². The van der Waals surface area contributed by atoms with Gasteiger partial charge in [0.1, 0.15) is 0 Å². The summed E-state index contributed by atoms with van der Waals surface area (Å²) in [6.07, 6.45) is 8.53. The van der Waals surface area contributed by atoms with E-state index >= 15 is 0 Å². The van der Waals surface area contributed by atoms with Crippen molar-refractivity contribution >= 4 is 29.5 Å². The van der Waals surface area contributed by atoms with Crippen LogP contribution in [-0.4, -0.2) is 48.2 Å². The third kappa shape index (κ3) is 5.86. The molecule has 1 aromatic carbocycles. The van der Waals surface area contributed by atoms with Crippen molar-refractivity contribution in [2.75, 3.05) is 25.1 Å². The summed E-state index contributed by atoms with van der Waals surface area (Å²) in [5.74, 6) is 1.56. The zero-order valence-corrected chi connectivity index (χ0v) is 18.2. The first-order valence-corrected chi connectivity index (χ1v) is 10.4. The first-order valence-electron chi connectivity index (χ1n) is 10.0. The Labute approximate surface area is 182 Å². The number of aromatic nitrogens is 2. The monoisotopic (exact) mass is 430 g/mol. The van der Waals surface area contributed by atoms with E-state index in [4.69, 9.17) is 21.1 Å². The maximum absolute atomic E-state index is 12.4. The topological polar surface area (TPSA) is 76.6 Å². The van der Waals surface area contributed by atoms with Gasteiger partial charge in [-0.1, -0.05) is 11.6 Å². The van der Waals surface area contributed by atoms with Gasteiger partial charge >= 0.3 is 0 Å². The minimum atomic E-state index is -0.159. The number of anilines is 1. The highest BCUT2D eigenvalue weighted by Crippen LogP contribution is 2.37. The number of halogens is 1. The summed E-state index contributed by atoms with van der Waals surface area (Å²) in [6, 6.07) is 5.38. The lowest BCUT2D eigenvalue weighted by atomic mass is 10.1. The fraction of sp³-hybridized carbons (Fsp3) is 0.409. The van der Waals surface area contributed by atoms with Gasteiger partial charge < -0.3 is 19.7 Å². The van der Waals surface area contributed by atoms with Gasteiger partial charge in [0.05, 0.1) is 18.2 Å². The van der Waals surface area contributed by atoms with Crippen LogP contribution in [0.2, 0.25) is 5.02 Å². The molecule has 3 rings (SSSR count). The minimum Gasteiger partial charge on any atom is -0.493 e. The second-order valence-corrected chi connectivity index (χ2v) is 7.78. The molecule has 1 atom stereocenters. The van der Waals surface area contributed by atoms with Crippen LogP contribution in [0.15, 0.2) is 36.7 Å². The molecule has 160 valence electrons. The van der Waals surface area contributed by atoms with E-state index in [1.807, 2.05) is 13.8 Å². The van der Waals surface area contributed by atoms with Crippen LogP contribution in [0, 0.1) is 0 Å². The summed E-state index contributed by atoms with van der Waals surface area (Å²) in [5, 5.41) is 3.50. The lowest BCUT2D eigenvalue weighted by Crippen LogP contribution is -2.47. The summed E-state index contributed by atoms with van der Waals surface area (Å²) in [4.78, 5) is 23.1. The van der Waals surface area contributed by atoms with Crippen molar-refractivity contribution in [3.63, 3.8) is 0 Å². The van der Waals surface area contributed by atoms with Crippen LogP contribution in [0.1, 0.15) is 32.3 Å². The predicted molar refractivity (Wildman–Crippen MR) is 118 cm³/mol. The number of carbonyl (C=O) groups excluding carboxylic acids is 1. The number of nitrogens with zero attached hydrogens (tertiary/aromatic N) is 3. The Morgan fingerprint density at radius 2 is 2.10 bits per heavy atom. The summed E-state index contributed by atoms with van der Waals surface area (Å²) in [7, 11) is 1.56. The molecule has 1 N–H and O–H groups in total. The van der Waals surface area contributed by atoms with E-state index in [0.717, 1.165) is 24.9 Å². The van der Waals surface area contributed by atoms with Gasteiger partial charge in [-0.15, -0.1) is 0 Å². The third-order valence-corrected chi connectivity index (χ3v) is 4.92. The summed E-state index contributed by atoms with van der Waals surface area (Å²) < 4.78 is 11.1. The van der Waals surface area contributed by atoms with Gasteiger partial charge in [0, 0.05) is 37.6 Å². The van der Waals surface area contributed by atoms with Gasteiger partial charge in [-0.3, -0.25) is 4.79 Å². The number of methoxy groups -OCH3 is 1. The van der Waals surface area contributed by atoms with Gasteiger partial charge in [0.2, 0.25) is 11.9 Å². The molecule has 1 aromatic heterocycles. The van der Waals surface area contributed by atoms with E-state index in [1.54, 1.807) is 43.8 Å². The van der Waals surface area contributed by atoms with Crippen LogP contribution in [0.5, 0.6) is 11.5 Å². The van der Waals surface area contributed by atoms with E-state index in [0.29, 0.717) is 29.0 Å². The molecule has 1 saturated heterocycles. The Balaban J connectivity index is 1.62.